The van der Waals surface area contributed by atoms with Crippen LogP contribution in [-0.4, -0.2) is 45.3 Å². The first-order valence-electron chi connectivity index (χ1n) is 16.7. The van der Waals surface area contributed by atoms with Crippen molar-refractivity contribution >= 4 is 40.2 Å². The third kappa shape index (κ3) is 7.61. The van der Waals surface area contributed by atoms with Crippen LogP contribution in [0.15, 0.2) is 46.1 Å². The van der Waals surface area contributed by atoms with E-state index in [2.05, 4.69) is 39.0 Å². The summed E-state index contributed by atoms with van der Waals surface area (Å²) in [6.45, 7) is 4.45. The van der Waals surface area contributed by atoms with Crippen LogP contribution in [-0.2, 0) is 6.42 Å². The van der Waals surface area contributed by atoms with Crippen LogP contribution in [0.3, 0.4) is 0 Å². The van der Waals surface area contributed by atoms with Gasteiger partial charge in [-0.15, -0.1) is 11.8 Å². The molecule has 6 rings (SSSR count). The van der Waals surface area contributed by atoms with Gasteiger partial charge < -0.3 is 21.4 Å². The van der Waals surface area contributed by atoms with Gasteiger partial charge in [-0.1, -0.05) is 24.1 Å². The SMILES string of the molecule is CSc1cc(-n2c(C)c3cc(-c4cc(CCC[C@@H](N)C5CC5)cc(Cl)c4F)[nH]c3nc2=O)ccc1[C@@H]1CCC[C@@H](CCNC(C)=N)N1. The van der Waals surface area contributed by atoms with Gasteiger partial charge in [-0.05, 0) is 119 Å². The Hall–Kier alpha value is -3.18. The lowest BCUT2D eigenvalue weighted by molar-refractivity contribution is 0.310. The molecule has 1 aliphatic carbocycles. The molecule has 2 aliphatic rings. The lowest BCUT2D eigenvalue weighted by atomic mass is 9.92. The maximum atomic E-state index is 15.4. The van der Waals surface area contributed by atoms with E-state index in [0.29, 0.717) is 34.7 Å². The van der Waals surface area contributed by atoms with Gasteiger partial charge in [0.25, 0.3) is 0 Å². The maximum Gasteiger partial charge on any atom is 0.354 e. The number of fused-ring (bicyclic) bond motifs is 1. The number of aryl methyl sites for hydroxylation is 2. The highest BCUT2D eigenvalue weighted by atomic mass is 35.5. The van der Waals surface area contributed by atoms with E-state index >= 15 is 4.39 Å². The number of hydrogen-bond donors (Lipinski definition) is 5. The molecule has 0 spiro atoms. The van der Waals surface area contributed by atoms with Crippen molar-refractivity contribution in [3.63, 3.8) is 0 Å². The summed E-state index contributed by atoms with van der Waals surface area (Å²) in [6.07, 6.45) is 11.4. The number of piperidine rings is 1. The van der Waals surface area contributed by atoms with Gasteiger partial charge in [-0.3, -0.25) is 9.98 Å². The second kappa shape index (κ2) is 14.5. The normalized spacial score (nSPS) is 18.9. The van der Waals surface area contributed by atoms with E-state index in [4.69, 9.17) is 22.7 Å². The Morgan fingerprint density at radius 3 is 2.79 bits per heavy atom. The van der Waals surface area contributed by atoms with Crippen LogP contribution < -0.4 is 22.1 Å². The first-order chi connectivity index (χ1) is 22.6. The number of H-pyrrole nitrogens is 1. The van der Waals surface area contributed by atoms with Crippen molar-refractivity contribution in [3.05, 3.63) is 74.5 Å². The van der Waals surface area contributed by atoms with Crippen LogP contribution in [0.5, 0.6) is 0 Å². The molecule has 2 aromatic carbocycles. The number of amidine groups is 1. The lowest BCUT2D eigenvalue weighted by Gasteiger charge is -2.32. The number of halogens is 2. The topological polar surface area (TPSA) is 125 Å². The number of hydrogen-bond acceptors (Lipinski definition) is 6. The van der Waals surface area contributed by atoms with Crippen molar-refractivity contribution in [2.45, 2.75) is 94.7 Å². The van der Waals surface area contributed by atoms with Gasteiger partial charge in [0.1, 0.15) is 5.65 Å². The van der Waals surface area contributed by atoms with E-state index < -0.39 is 11.5 Å². The third-order valence-electron chi connectivity index (χ3n) is 9.75. The minimum Gasteiger partial charge on any atom is -0.374 e. The van der Waals surface area contributed by atoms with Crippen LogP contribution in [0.1, 0.15) is 81.2 Å². The van der Waals surface area contributed by atoms with Crippen LogP contribution in [0, 0.1) is 24.1 Å². The van der Waals surface area contributed by atoms with Gasteiger partial charge in [0.05, 0.1) is 22.2 Å². The molecule has 4 aromatic rings. The second-order valence-corrected chi connectivity index (χ2v) is 14.5. The van der Waals surface area contributed by atoms with Gasteiger partial charge in [0.15, 0.2) is 5.82 Å². The first kappa shape index (κ1) is 33.7. The lowest BCUT2D eigenvalue weighted by Crippen LogP contribution is -2.39. The van der Waals surface area contributed by atoms with Crippen molar-refractivity contribution < 1.29 is 4.39 Å². The van der Waals surface area contributed by atoms with Crippen molar-refractivity contribution in [1.29, 1.82) is 5.41 Å². The second-order valence-electron chi connectivity index (χ2n) is 13.2. The highest BCUT2D eigenvalue weighted by Crippen LogP contribution is 2.36. The van der Waals surface area contributed by atoms with E-state index in [9.17, 15) is 4.79 Å². The molecule has 0 radical (unpaired) electrons. The molecule has 8 nitrogen and oxygen atoms in total. The van der Waals surface area contributed by atoms with Gasteiger partial charge in [-0.25, -0.2) is 9.18 Å². The van der Waals surface area contributed by atoms with Crippen LogP contribution in [0.25, 0.3) is 28.0 Å². The average Bonchev–Trinajstić information content (AvgIpc) is 3.82. The fourth-order valence-corrected chi connectivity index (χ4v) is 7.93. The molecule has 3 heterocycles. The fourth-order valence-electron chi connectivity index (χ4n) is 7.01. The quantitative estimate of drug-likeness (QED) is 0.0604. The Kier molecular flexibility index (Phi) is 10.4. The minimum absolute atomic E-state index is 0.0773. The van der Waals surface area contributed by atoms with Crippen LogP contribution >= 0.6 is 23.4 Å². The highest BCUT2D eigenvalue weighted by Gasteiger charge is 2.28. The predicted octanol–water partition coefficient (Wildman–Crippen LogP) is 7.42. The molecule has 2 aromatic heterocycles. The molecule has 0 bridgehead atoms. The molecule has 3 atom stereocenters. The zero-order valence-corrected chi connectivity index (χ0v) is 29.0. The summed E-state index contributed by atoms with van der Waals surface area (Å²) >= 11 is 8.04. The van der Waals surface area contributed by atoms with E-state index in [-0.39, 0.29) is 17.1 Å². The molecule has 11 heteroatoms. The van der Waals surface area contributed by atoms with Crippen molar-refractivity contribution in [2.24, 2.45) is 11.7 Å². The Morgan fingerprint density at radius 1 is 1.23 bits per heavy atom. The summed E-state index contributed by atoms with van der Waals surface area (Å²) < 4.78 is 17.0. The molecule has 1 saturated heterocycles. The van der Waals surface area contributed by atoms with Gasteiger partial charge in [-0.2, -0.15) is 4.98 Å². The predicted molar refractivity (Wildman–Crippen MR) is 192 cm³/mol. The molecule has 1 aliphatic heterocycles. The third-order valence-corrected chi connectivity index (χ3v) is 10.8. The van der Waals surface area contributed by atoms with E-state index in [1.807, 2.05) is 25.1 Å². The molecule has 1 saturated carbocycles. The minimum atomic E-state index is -0.496. The summed E-state index contributed by atoms with van der Waals surface area (Å²) in [5.41, 5.74) is 10.9. The van der Waals surface area contributed by atoms with Crippen LogP contribution in [0.2, 0.25) is 5.02 Å². The van der Waals surface area contributed by atoms with Gasteiger partial charge >= 0.3 is 5.69 Å². The first-order valence-corrected chi connectivity index (χ1v) is 18.3. The molecule has 6 N–H and O–H groups in total. The van der Waals surface area contributed by atoms with Crippen molar-refractivity contribution in [1.82, 2.24) is 25.2 Å². The Bertz CT molecular complexity index is 1830. The standard InChI is InChI=1S/C36H45ClFN7OS/c1-20-27-19-32(28-16-22(17-29(37)34(28)38)6-4-8-30(40)23-10-11-23)43-35(27)44-36(46)45(20)25-12-13-26(33(18-25)47-3)31-9-5-7-24(42-31)14-15-41-21(2)39/h12-13,16-19,23-24,30-31,42H,4-11,14-15,40H2,1-3H3,(H2,39,41)(H,43,44,46)/t24-,30+,31-/m0/s1. The molecule has 250 valence electrons. The summed E-state index contributed by atoms with van der Waals surface area (Å²) in [5.74, 6) is 0.652. The highest BCUT2D eigenvalue weighted by molar-refractivity contribution is 7.98. The number of thioether (sulfide) groups is 1. The zero-order valence-electron chi connectivity index (χ0n) is 27.4. The van der Waals surface area contributed by atoms with Gasteiger partial charge in [0.2, 0.25) is 0 Å². The Balaban J connectivity index is 1.26. The number of nitrogens with two attached hydrogens (primary N) is 1. The zero-order chi connectivity index (χ0) is 33.2. The summed E-state index contributed by atoms with van der Waals surface area (Å²) in [6, 6.07) is 12.4. The number of aromatic nitrogens is 3. The number of rotatable bonds is 12. The van der Waals surface area contributed by atoms with E-state index in [1.54, 1.807) is 29.3 Å². The Morgan fingerprint density at radius 2 is 2.04 bits per heavy atom. The molecule has 47 heavy (non-hydrogen) atoms. The molecule has 0 unspecified atom stereocenters. The molecule has 2 fully saturated rings. The number of nitrogens with zero attached hydrogens (tertiary/aromatic N) is 2. The van der Waals surface area contributed by atoms with E-state index in [0.717, 1.165) is 78.7 Å². The summed E-state index contributed by atoms with van der Waals surface area (Å²) in [4.78, 5) is 22.2. The molecular weight excluding hydrogens is 633 g/mol. The fraction of sp³-hybridized carbons (Fsp3) is 0.472. The molecule has 0 amide bonds. The van der Waals surface area contributed by atoms with Gasteiger partial charge in [0, 0.05) is 46.2 Å². The monoisotopic (exact) mass is 677 g/mol. The maximum absolute atomic E-state index is 15.4. The molecular formula is C36H45ClFN7OS. The van der Waals surface area contributed by atoms with Crippen LogP contribution in [0.4, 0.5) is 4.39 Å². The number of benzene rings is 2. The average molecular weight is 678 g/mol. The van der Waals surface area contributed by atoms with Crippen molar-refractivity contribution in [2.75, 3.05) is 12.8 Å². The van der Waals surface area contributed by atoms with E-state index in [1.165, 1.54) is 18.4 Å². The Labute approximate surface area is 285 Å². The summed E-state index contributed by atoms with van der Waals surface area (Å²) in [5, 5.41) is 15.4. The largest absolute Gasteiger partial charge is 0.374 e. The summed E-state index contributed by atoms with van der Waals surface area (Å²) in [7, 11) is 0. The van der Waals surface area contributed by atoms with Crippen molar-refractivity contribution in [3.8, 4) is 16.9 Å². The number of aromatic amines is 1. The number of nitrogens with one attached hydrogen (secondary N) is 4. The smallest absolute Gasteiger partial charge is 0.354 e.